The Hall–Kier alpha value is -2.75. The van der Waals surface area contributed by atoms with Gasteiger partial charge in [-0.05, 0) is 66.7 Å². The van der Waals surface area contributed by atoms with Gasteiger partial charge < -0.3 is 24.0 Å². The van der Waals surface area contributed by atoms with Crippen molar-refractivity contribution >= 4 is 23.2 Å². The molecule has 2 aromatic carbocycles. The number of benzene rings is 2. The third-order valence-electron chi connectivity index (χ3n) is 6.65. The first-order valence-electron chi connectivity index (χ1n) is 12.0. The van der Waals surface area contributed by atoms with Crippen LogP contribution in [0, 0.1) is 0 Å². The lowest BCUT2D eigenvalue weighted by Gasteiger charge is -2.33. The first-order chi connectivity index (χ1) is 17.0. The Balaban J connectivity index is 1.36. The lowest BCUT2D eigenvalue weighted by molar-refractivity contribution is -0.138. The standard InChI is InChI=1S/C26H32N2O6S/c1-33-20-11-13-21(14-12-20)35(32)18-24(29)22-9-5-15-27(22)25(30)23-10-6-16-28(23)26(31)34-17-19-7-3-2-4-8-19/h2-4,7-8,11-14,22-24,29H,5-6,9-10,15-18H2,1H3/t22-,23+,24?,35?/m0/s1. The summed E-state index contributed by atoms with van der Waals surface area (Å²) in [5, 5.41) is 10.9. The fraction of sp³-hybridized carbons (Fsp3) is 0.462. The van der Waals surface area contributed by atoms with Gasteiger partial charge in [-0.25, -0.2) is 4.79 Å². The van der Waals surface area contributed by atoms with Crippen LogP contribution in [-0.4, -0.2) is 75.6 Å². The highest BCUT2D eigenvalue weighted by Crippen LogP contribution is 2.28. The molecule has 9 heteroatoms. The van der Waals surface area contributed by atoms with Crippen LogP contribution in [0.5, 0.6) is 5.75 Å². The molecule has 0 bridgehead atoms. The van der Waals surface area contributed by atoms with E-state index in [9.17, 15) is 19.2 Å². The fourth-order valence-electron chi connectivity index (χ4n) is 4.79. The number of hydrogen-bond donors (Lipinski definition) is 1. The van der Waals surface area contributed by atoms with Crippen LogP contribution in [0.1, 0.15) is 31.2 Å². The topological polar surface area (TPSA) is 102 Å². The number of amides is 2. The Labute approximate surface area is 209 Å². The molecule has 2 aromatic rings. The molecule has 35 heavy (non-hydrogen) atoms. The van der Waals surface area contributed by atoms with Crippen LogP contribution in [0.25, 0.3) is 0 Å². The van der Waals surface area contributed by atoms with E-state index in [1.807, 2.05) is 30.3 Å². The van der Waals surface area contributed by atoms with Gasteiger partial charge in [-0.3, -0.25) is 9.69 Å². The molecule has 0 saturated carbocycles. The maximum atomic E-state index is 13.5. The van der Waals surface area contributed by atoms with Gasteiger partial charge in [0.2, 0.25) is 5.91 Å². The van der Waals surface area contributed by atoms with Gasteiger partial charge in [-0.1, -0.05) is 30.3 Å². The lowest BCUT2D eigenvalue weighted by atomic mass is 10.1. The summed E-state index contributed by atoms with van der Waals surface area (Å²) in [5.41, 5.74) is 0.885. The molecule has 0 aromatic heterocycles. The summed E-state index contributed by atoms with van der Waals surface area (Å²) in [6, 6.07) is 15.3. The molecule has 2 aliphatic rings. The summed E-state index contributed by atoms with van der Waals surface area (Å²) in [5.74, 6) is 0.534. The van der Waals surface area contributed by atoms with Crippen LogP contribution >= 0.6 is 0 Å². The predicted molar refractivity (Wildman–Crippen MR) is 131 cm³/mol. The van der Waals surface area contributed by atoms with Crippen LogP contribution in [0.3, 0.4) is 0 Å². The van der Waals surface area contributed by atoms with E-state index in [1.54, 1.807) is 36.3 Å². The van der Waals surface area contributed by atoms with Crippen LogP contribution in [0.2, 0.25) is 0 Å². The van der Waals surface area contributed by atoms with Gasteiger partial charge in [0.1, 0.15) is 30.3 Å². The van der Waals surface area contributed by atoms with E-state index in [2.05, 4.69) is 0 Å². The Morgan fingerprint density at radius 3 is 2.46 bits per heavy atom. The molecule has 188 valence electrons. The van der Waals surface area contributed by atoms with E-state index in [0.29, 0.717) is 36.6 Å². The monoisotopic (exact) mass is 500 g/mol. The van der Waals surface area contributed by atoms with Crippen LogP contribution in [0.15, 0.2) is 59.5 Å². The molecule has 2 unspecified atom stereocenters. The Morgan fingerprint density at radius 1 is 1.06 bits per heavy atom. The number of likely N-dealkylation sites (tertiary alicyclic amines) is 2. The maximum Gasteiger partial charge on any atom is 0.410 e. The van der Waals surface area contributed by atoms with Crippen LogP contribution in [-0.2, 0) is 27.3 Å². The average molecular weight is 501 g/mol. The largest absolute Gasteiger partial charge is 0.611 e. The Morgan fingerprint density at radius 2 is 1.74 bits per heavy atom. The van der Waals surface area contributed by atoms with Crippen molar-refractivity contribution in [3.63, 3.8) is 0 Å². The highest BCUT2D eigenvalue weighted by molar-refractivity contribution is 7.91. The number of aliphatic hydroxyl groups is 1. The van der Waals surface area contributed by atoms with Crippen LogP contribution in [0.4, 0.5) is 4.79 Å². The zero-order valence-corrected chi connectivity index (χ0v) is 20.7. The van der Waals surface area contributed by atoms with Crippen molar-refractivity contribution in [1.29, 1.82) is 0 Å². The smallest absolute Gasteiger partial charge is 0.410 e. The molecule has 4 atom stereocenters. The first kappa shape index (κ1) is 25.3. The number of ether oxygens (including phenoxy) is 2. The molecule has 0 aliphatic carbocycles. The molecule has 2 aliphatic heterocycles. The number of hydrogen-bond acceptors (Lipinski definition) is 6. The Bertz CT molecular complexity index is 989. The number of carbonyl (C=O) groups excluding carboxylic acids is 2. The average Bonchev–Trinajstić information content (AvgIpc) is 3.58. The zero-order chi connectivity index (χ0) is 24.8. The van der Waals surface area contributed by atoms with E-state index in [0.717, 1.165) is 18.4 Å². The maximum absolute atomic E-state index is 13.5. The number of aliphatic hydroxyl groups excluding tert-OH is 1. The van der Waals surface area contributed by atoms with Gasteiger partial charge >= 0.3 is 6.09 Å². The van der Waals surface area contributed by atoms with Gasteiger partial charge in [0.05, 0.1) is 13.2 Å². The highest BCUT2D eigenvalue weighted by Gasteiger charge is 2.43. The minimum Gasteiger partial charge on any atom is -0.611 e. The van der Waals surface area contributed by atoms with Gasteiger partial charge in [0.15, 0.2) is 4.90 Å². The van der Waals surface area contributed by atoms with Crippen molar-refractivity contribution < 1.29 is 28.7 Å². The van der Waals surface area contributed by atoms with Crippen LogP contribution < -0.4 is 4.74 Å². The van der Waals surface area contributed by atoms with E-state index in [-0.39, 0.29) is 18.3 Å². The molecule has 2 fully saturated rings. The summed E-state index contributed by atoms with van der Waals surface area (Å²) in [7, 11) is 1.57. The summed E-state index contributed by atoms with van der Waals surface area (Å²) in [6.07, 6.45) is 1.26. The molecule has 4 rings (SSSR count). The van der Waals surface area contributed by atoms with Crippen molar-refractivity contribution in [3.05, 3.63) is 60.2 Å². The second-order valence-electron chi connectivity index (χ2n) is 8.89. The van der Waals surface area contributed by atoms with Crippen molar-refractivity contribution in [3.8, 4) is 5.75 Å². The van der Waals surface area contributed by atoms with E-state index < -0.39 is 35.5 Å². The lowest BCUT2D eigenvalue weighted by Crippen LogP contribution is -2.52. The Kier molecular flexibility index (Phi) is 8.54. The van der Waals surface area contributed by atoms with Crippen molar-refractivity contribution in [1.82, 2.24) is 9.80 Å². The molecular formula is C26H32N2O6S. The minimum atomic E-state index is -1.41. The van der Waals surface area contributed by atoms with Crippen molar-refractivity contribution in [2.24, 2.45) is 0 Å². The molecule has 0 spiro atoms. The van der Waals surface area contributed by atoms with E-state index in [1.165, 1.54) is 4.90 Å². The highest BCUT2D eigenvalue weighted by atomic mass is 32.2. The SMILES string of the molecule is COc1ccc([S+]([O-])CC(O)[C@@H]2CCCN2C(=O)[C@H]2CCCN2C(=O)OCc2ccccc2)cc1. The molecule has 8 nitrogen and oxygen atoms in total. The molecule has 0 radical (unpaired) electrons. The molecular weight excluding hydrogens is 468 g/mol. The normalized spacial score (nSPS) is 21.6. The third kappa shape index (κ3) is 6.09. The number of nitrogens with zero attached hydrogens (tertiary/aromatic N) is 2. The molecule has 2 amide bonds. The quantitative estimate of drug-likeness (QED) is 0.559. The molecule has 2 saturated heterocycles. The third-order valence-corrected chi connectivity index (χ3v) is 8.09. The van der Waals surface area contributed by atoms with E-state index in [4.69, 9.17) is 9.47 Å². The second-order valence-corrected chi connectivity index (χ2v) is 10.4. The number of rotatable bonds is 8. The van der Waals surface area contributed by atoms with Gasteiger partial charge in [-0.2, -0.15) is 0 Å². The number of carbonyl (C=O) groups is 2. The summed E-state index contributed by atoms with van der Waals surface area (Å²) >= 11 is -1.41. The number of methoxy groups -OCH3 is 1. The second kappa shape index (κ2) is 11.8. The van der Waals surface area contributed by atoms with E-state index >= 15 is 0 Å². The summed E-state index contributed by atoms with van der Waals surface area (Å²) < 4.78 is 23.4. The summed E-state index contributed by atoms with van der Waals surface area (Å²) in [6.45, 7) is 1.13. The zero-order valence-electron chi connectivity index (χ0n) is 19.9. The minimum absolute atomic E-state index is 0.0360. The van der Waals surface area contributed by atoms with Gasteiger partial charge in [0.25, 0.3) is 0 Å². The van der Waals surface area contributed by atoms with Gasteiger partial charge in [-0.15, -0.1) is 0 Å². The first-order valence-corrected chi connectivity index (χ1v) is 13.3. The van der Waals surface area contributed by atoms with Gasteiger partial charge in [0, 0.05) is 13.1 Å². The van der Waals surface area contributed by atoms with Crippen molar-refractivity contribution in [2.45, 2.75) is 55.4 Å². The van der Waals surface area contributed by atoms with Crippen molar-refractivity contribution in [2.75, 3.05) is 26.0 Å². The summed E-state index contributed by atoms with van der Waals surface area (Å²) in [4.78, 5) is 30.0. The fourth-order valence-corrected chi connectivity index (χ4v) is 5.96. The predicted octanol–water partition coefficient (Wildman–Crippen LogP) is 2.96. The molecule has 1 N–H and O–H groups in total. The molecule has 2 heterocycles.